The van der Waals surface area contributed by atoms with Gasteiger partial charge in [-0.3, -0.25) is 0 Å². The molecule has 0 aliphatic carbocycles. The second-order valence-corrected chi connectivity index (χ2v) is 7.20. The van der Waals surface area contributed by atoms with Crippen LogP contribution in [0.3, 0.4) is 0 Å². The zero-order valence-corrected chi connectivity index (χ0v) is 15.7. The predicted molar refractivity (Wildman–Crippen MR) is 89.8 cm³/mol. The standard InChI is InChI=1S/C16H28N.CHF3O3S/c1-3-5-6-7-8-9-10-13-17-14-11-12-16(4-2)15-17;2-1(3,4)8(5,6)7/h11-12,14-15H,3-10,13H2,1-2H3;(H,5,6,7)/q+1;/p-1. The van der Waals surface area contributed by atoms with E-state index in [-0.39, 0.29) is 0 Å². The van der Waals surface area contributed by atoms with E-state index in [1.165, 1.54) is 57.1 Å². The minimum absolute atomic E-state index is 1.14. The third-order valence-electron chi connectivity index (χ3n) is 3.63. The highest BCUT2D eigenvalue weighted by atomic mass is 32.2. The zero-order valence-electron chi connectivity index (χ0n) is 14.9. The van der Waals surface area contributed by atoms with Crippen LogP contribution in [0.25, 0.3) is 0 Å². The largest absolute Gasteiger partial charge is 0.741 e. The molecule has 0 aliphatic rings. The number of aryl methyl sites for hydroxylation is 2. The Bertz CT molecular complexity index is 575. The molecule has 0 radical (unpaired) electrons. The van der Waals surface area contributed by atoms with E-state index in [4.69, 9.17) is 13.0 Å². The number of hydrogen-bond donors (Lipinski definition) is 0. The van der Waals surface area contributed by atoms with E-state index >= 15 is 0 Å². The fraction of sp³-hybridized carbons (Fsp3) is 0.706. The molecule has 0 unspecified atom stereocenters. The smallest absolute Gasteiger partial charge is 0.485 e. The molecule has 146 valence electrons. The molecule has 0 amide bonds. The van der Waals surface area contributed by atoms with Gasteiger partial charge in [0.2, 0.25) is 0 Å². The van der Waals surface area contributed by atoms with Crippen molar-refractivity contribution in [2.45, 2.75) is 77.3 Å². The first-order chi connectivity index (χ1) is 11.6. The van der Waals surface area contributed by atoms with E-state index in [9.17, 15) is 13.2 Å². The fourth-order valence-corrected chi connectivity index (χ4v) is 2.18. The average Bonchev–Trinajstić information content (AvgIpc) is 2.53. The first-order valence-corrected chi connectivity index (χ1v) is 10.0. The Hall–Kier alpha value is -1.15. The quantitative estimate of drug-likeness (QED) is 0.276. The van der Waals surface area contributed by atoms with Gasteiger partial charge in [-0.25, -0.2) is 13.0 Å². The summed E-state index contributed by atoms with van der Waals surface area (Å²) in [4.78, 5) is 0. The van der Waals surface area contributed by atoms with Gasteiger partial charge in [-0.15, -0.1) is 0 Å². The van der Waals surface area contributed by atoms with Crippen LogP contribution < -0.4 is 4.57 Å². The molecule has 0 N–H and O–H groups in total. The van der Waals surface area contributed by atoms with Gasteiger partial charge in [0.15, 0.2) is 22.5 Å². The summed E-state index contributed by atoms with van der Waals surface area (Å²) in [5.74, 6) is 0. The number of halogens is 3. The Morgan fingerprint density at radius 1 is 1.04 bits per heavy atom. The summed E-state index contributed by atoms with van der Waals surface area (Å²) in [6, 6.07) is 4.38. The number of unbranched alkanes of at least 4 members (excludes halogenated alkanes) is 6. The van der Waals surface area contributed by atoms with E-state index in [1.807, 2.05) is 0 Å². The first kappa shape index (κ1) is 23.9. The van der Waals surface area contributed by atoms with Gasteiger partial charge >= 0.3 is 5.51 Å². The van der Waals surface area contributed by atoms with Crippen molar-refractivity contribution in [3.05, 3.63) is 30.1 Å². The summed E-state index contributed by atoms with van der Waals surface area (Å²) in [6.45, 7) is 5.67. The van der Waals surface area contributed by atoms with Gasteiger partial charge in [-0.1, -0.05) is 46.0 Å². The normalized spacial score (nSPS) is 11.8. The molecular formula is C17H28F3NO3S. The Labute approximate surface area is 148 Å². The molecule has 0 spiro atoms. The van der Waals surface area contributed by atoms with Crippen molar-refractivity contribution >= 4 is 10.1 Å². The third-order valence-corrected chi connectivity index (χ3v) is 4.20. The molecule has 1 aromatic rings. The number of aromatic nitrogens is 1. The van der Waals surface area contributed by atoms with Crippen molar-refractivity contribution in [2.75, 3.05) is 0 Å². The van der Waals surface area contributed by atoms with Crippen LogP contribution in [0.15, 0.2) is 24.5 Å². The molecule has 1 rings (SSSR count). The van der Waals surface area contributed by atoms with Crippen LogP contribution in [0.2, 0.25) is 0 Å². The number of pyridine rings is 1. The van der Waals surface area contributed by atoms with Gasteiger partial charge < -0.3 is 4.55 Å². The summed E-state index contributed by atoms with van der Waals surface area (Å²) < 4.78 is 61.2. The second kappa shape index (κ2) is 12.2. The molecule has 0 atom stereocenters. The number of nitrogens with zero attached hydrogens (tertiary/aromatic N) is 1. The molecule has 4 nitrogen and oxygen atoms in total. The van der Waals surface area contributed by atoms with Crippen LogP contribution in [0.4, 0.5) is 13.2 Å². The summed E-state index contributed by atoms with van der Waals surface area (Å²) in [7, 11) is -6.09. The summed E-state index contributed by atoms with van der Waals surface area (Å²) >= 11 is 0. The van der Waals surface area contributed by atoms with Crippen LogP contribution in [-0.4, -0.2) is 18.5 Å². The topological polar surface area (TPSA) is 61.1 Å². The monoisotopic (exact) mass is 383 g/mol. The number of rotatable bonds is 9. The molecule has 0 bridgehead atoms. The minimum atomic E-state index is -6.09. The lowest BCUT2D eigenvalue weighted by atomic mass is 10.1. The highest BCUT2D eigenvalue weighted by Crippen LogP contribution is 2.20. The molecular weight excluding hydrogens is 355 g/mol. The van der Waals surface area contributed by atoms with Crippen LogP contribution in [0.5, 0.6) is 0 Å². The molecule has 1 heterocycles. The molecule has 0 aromatic carbocycles. The number of alkyl halides is 3. The van der Waals surface area contributed by atoms with Gasteiger partial charge in [-0.05, 0) is 18.9 Å². The van der Waals surface area contributed by atoms with Gasteiger partial charge in [0.25, 0.3) is 0 Å². The zero-order chi connectivity index (χ0) is 19.3. The molecule has 8 heteroatoms. The molecule has 0 fully saturated rings. The van der Waals surface area contributed by atoms with Crippen molar-refractivity contribution < 1.29 is 30.7 Å². The highest BCUT2D eigenvalue weighted by Gasteiger charge is 2.36. The van der Waals surface area contributed by atoms with Gasteiger partial charge in [0, 0.05) is 18.1 Å². The molecule has 0 saturated carbocycles. The fourth-order valence-electron chi connectivity index (χ4n) is 2.18. The minimum Gasteiger partial charge on any atom is -0.741 e. The Balaban J connectivity index is 0.000000609. The van der Waals surface area contributed by atoms with Crippen LogP contribution >= 0.6 is 0 Å². The lowest BCUT2D eigenvalue weighted by molar-refractivity contribution is -0.697. The maximum absolute atomic E-state index is 10.7. The molecule has 25 heavy (non-hydrogen) atoms. The van der Waals surface area contributed by atoms with Crippen molar-refractivity contribution in [1.82, 2.24) is 0 Å². The summed E-state index contributed by atoms with van der Waals surface area (Å²) in [5, 5.41) is 0. The van der Waals surface area contributed by atoms with Crippen molar-refractivity contribution in [3.63, 3.8) is 0 Å². The first-order valence-electron chi connectivity index (χ1n) is 8.62. The Morgan fingerprint density at radius 3 is 2.04 bits per heavy atom. The second-order valence-electron chi connectivity index (χ2n) is 5.82. The van der Waals surface area contributed by atoms with E-state index < -0.39 is 15.6 Å². The lowest BCUT2D eigenvalue weighted by Gasteiger charge is -2.08. The Morgan fingerprint density at radius 2 is 1.56 bits per heavy atom. The SMILES string of the molecule is CCCCCCCCC[n+]1cccc(CC)c1.O=S(=O)([O-])C(F)(F)F. The van der Waals surface area contributed by atoms with Crippen molar-refractivity contribution in [2.24, 2.45) is 0 Å². The van der Waals surface area contributed by atoms with E-state index in [1.54, 1.807) is 0 Å². The van der Waals surface area contributed by atoms with Crippen LogP contribution in [0.1, 0.15) is 64.4 Å². The van der Waals surface area contributed by atoms with E-state index in [0.717, 1.165) is 6.42 Å². The Kier molecular flexibility index (Phi) is 11.7. The molecule has 0 aliphatic heterocycles. The van der Waals surface area contributed by atoms with Crippen molar-refractivity contribution in [3.8, 4) is 0 Å². The predicted octanol–water partition coefficient (Wildman–Crippen LogP) is 4.34. The average molecular weight is 383 g/mol. The van der Waals surface area contributed by atoms with Crippen LogP contribution in [-0.2, 0) is 23.1 Å². The maximum Gasteiger partial charge on any atom is 0.485 e. The van der Waals surface area contributed by atoms with Crippen LogP contribution in [0, 0.1) is 0 Å². The molecule has 1 aromatic heterocycles. The van der Waals surface area contributed by atoms with Gasteiger partial charge in [-0.2, -0.15) is 13.2 Å². The maximum atomic E-state index is 10.7. The number of hydrogen-bond acceptors (Lipinski definition) is 3. The summed E-state index contributed by atoms with van der Waals surface area (Å²) in [5.41, 5.74) is -4.21. The van der Waals surface area contributed by atoms with E-state index in [0.29, 0.717) is 0 Å². The van der Waals surface area contributed by atoms with Crippen molar-refractivity contribution in [1.29, 1.82) is 0 Å². The third kappa shape index (κ3) is 11.9. The van der Waals surface area contributed by atoms with Gasteiger partial charge in [0.1, 0.15) is 6.54 Å². The van der Waals surface area contributed by atoms with E-state index in [2.05, 4.69) is 42.9 Å². The molecule has 0 saturated heterocycles. The summed E-state index contributed by atoms with van der Waals surface area (Å²) in [6.07, 6.45) is 15.3. The van der Waals surface area contributed by atoms with Gasteiger partial charge in [0.05, 0.1) is 0 Å². The lowest BCUT2D eigenvalue weighted by Crippen LogP contribution is -2.33. The highest BCUT2D eigenvalue weighted by molar-refractivity contribution is 7.86.